The van der Waals surface area contributed by atoms with Crippen molar-refractivity contribution in [3.8, 4) is 0 Å². The highest BCUT2D eigenvalue weighted by Crippen LogP contribution is 2.62. The van der Waals surface area contributed by atoms with Crippen LogP contribution in [0.4, 0.5) is 0 Å². The summed E-state index contributed by atoms with van der Waals surface area (Å²) in [7, 11) is -4.10. The number of carboxylic acid groups (broad SMARTS) is 1. The highest BCUT2D eigenvalue weighted by Gasteiger charge is 2.51. The number of H-pyrrole nitrogens is 1. The third-order valence-corrected chi connectivity index (χ3v) is 7.04. The number of para-hydroxylation sites is 1. The molecule has 0 aliphatic carbocycles. The fourth-order valence-electron chi connectivity index (χ4n) is 2.84. The number of aromatic amines is 1. The van der Waals surface area contributed by atoms with E-state index in [1.165, 1.54) is 6.92 Å². The third kappa shape index (κ3) is 2.66. The number of benzene rings is 2. The Balaban J connectivity index is 2.03. The molecule has 2 aromatic carbocycles. The summed E-state index contributed by atoms with van der Waals surface area (Å²) in [6.07, 6.45) is -0.237. The van der Waals surface area contributed by atoms with Crippen LogP contribution in [0.2, 0.25) is 0 Å². The van der Waals surface area contributed by atoms with Gasteiger partial charge in [0.2, 0.25) is 7.37 Å². The van der Waals surface area contributed by atoms with Crippen molar-refractivity contribution in [2.45, 2.75) is 18.2 Å². The highest BCUT2D eigenvalue weighted by molar-refractivity contribution is 7.59. The molecule has 3 N–H and O–H groups in total. The molecule has 124 valence electrons. The summed E-state index contributed by atoms with van der Waals surface area (Å²) < 4.78 is 13.1. The van der Waals surface area contributed by atoms with Crippen molar-refractivity contribution < 1.29 is 19.4 Å². The molecule has 0 amide bonds. The molecule has 0 fully saturated rings. The molecule has 0 radical (unpaired) electrons. The van der Waals surface area contributed by atoms with E-state index in [0.717, 1.165) is 10.9 Å². The molecule has 3 rings (SSSR count). The van der Waals surface area contributed by atoms with Crippen molar-refractivity contribution in [1.82, 2.24) is 4.98 Å². The Morgan fingerprint density at radius 3 is 2.38 bits per heavy atom. The van der Waals surface area contributed by atoms with Crippen molar-refractivity contribution in [2.24, 2.45) is 0 Å². The van der Waals surface area contributed by atoms with Crippen LogP contribution in [0.25, 0.3) is 10.9 Å². The van der Waals surface area contributed by atoms with E-state index in [0.29, 0.717) is 11.3 Å². The van der Waals surface area contributed by atoms with Crippen LogP contribution in [0, 0.1) is 0 Å². The first-order valence-electron chi connectivity index (χ1n) is 7.52. The van der Waals surface area contributed by atoms with Crippen LogP contribution in [0.1, 0.15) is 18.2 Å². The van der Waals surface area contributed by atoms with Gasteiger partial charge in [0.1, 0.15) is 0 Å². The molecule has 0 saturated carbocycles. The normalized spacial score (nSPS) is 16.4. The van der Waals surface area contributed by atoms with E-state index >= 15 is 0 Å². The fraction of sp³-hybridized carbons (Fsp3) is 0.167. The van der Waals surface area contributed by atoms with Gasteiger partial charge in [0.05, 0.1) is 6.16 Å². The average Bonchev–Trinajstić information content (AvgIpc) is 2.95. The molecule has 24 heavy (non-hydrogen) atoms. The number of aliphatic carboxylic acids is 1. The summed E-state index contributed by atoms with van der Waals surface area (Å²) in [5.41, 5.74) is 1.72. The lowest BCUT2D eigenvalue weighted by atomic mass is 10.0. The van der Waals surface area contributed by atoms with Crippen molar-refractivity contribution in [1.29, 1.82) is 0 Å². The largest absolute Gasteiger partial charge is 0.480 e. The number of hydrogen-bond acceptors (Lipinski definition) is 2. The van der Waals surface area contributed by atoms with Crippen LogP contribution >= 0.6 is 7.37 Å². The van der Waals surface area contributed by atoms with Crippen LogP contribution in [-0.4, -0.2) is 21.0 Å². The monoisotopic (exact) mass is 343 g/mol. The third-order valence-electron chi connectivity index (χ3n) is 4.42. The van der Waals surface area contributed by atoms with Crippen LogP contribution in [0.15, 0.2) is 60.7 Å². The van der Waals surface area contributed by atoms with E-state index in [-0.39, 0.29) is 6.16 Å². The van der Waals surface area contributed by atoms with Crippen molar-refractivity contribution in [2.75, 3.05) is 0 Å². The zero-order valence-electron chi connectivity index (χ0n) is 13.1. The van der Waals surface area contributed by atoms with Gasteiger partial charge in [0, 0.05) is 11.2 Å². The molecule has 0 aliphatic rings. The van der Waals surface area contributed by atoms with E-state index in [1.54, 1.807) is 36.4 Å². The second kappa shape index (κ2) is 5.93. The minimum Gasteiger partial charge on any atom is -0.480 e. The number of carbonyl (C=O) groups is 1. The molecule has 2 unspecified atom stereocenters. The second-order valence-electron chi connectivity index (χ2n) is 5.98. The van der Waals surface area contributed by atoms with Crippen molar-refractivity contribution in [3.63, 3.8) is 0 Å². The molecule has 0 bridgehead atoms. The average molecular weight is 343 g/mol. The maximum atomic E-state index is 13.1. The quantitative estimate of drug-likeness (QED) is 0.612. The van der Waals surface area contributed by atoms with E-state index < -0.39 is 18.5 Å². The van der Waals surface area contributed by atoms with Crippen molar-refractivity contribution >= 4 is 24.2 Å². The molecule has 0 spiro atoms. The Labute approximate surface area is 139 Å². The first kappa shape index (κ1) is 16.5. The van der Waals surface area contributed by atoms with E-state index in [1.807, 2.05) is 24.3 Å². The lowest BCUT2D eigenvalue weighted by Gasteiger charge is -2.30. The zero-order chi connectivity index (χ0) is 17.4. The molecular weight excluding hydrogens is 325 g/mol. The number of rotatable bonds is 5. The van der Waals surface area contributed by atoms with E-state index in [9.17, 15) is 19.4 Å². The molecule has 1 heterocycles. The minimum atomic E-state index is -4.10. The predicted octanol–water partition coefficient (Wildman–Crippen LogP) is 3.94. The van der Waals surface area contributed by atoms with Gasteiger partial charge in [-0.3, -0.25) is 9.36 Å². The number of hydrogen-bond donors (Lipinski definition) is 3. The minimum absolute atomic E-state index is 0.237. The maximum absolute atomic E-state index is 13.1. The first-order valence-corrected chi connectivity index (χ1v) is 9.36. The van der Waals surface area contributed by atoms with Crippen LogP contribution in [0.5, 0.6) is 0 Å². The summed E-state index contributed by atoms with van der Waals surface area (Å²) in [5.74, 6) is -1.31. The zero-order valence-corrected chi connectivity index (χ0v) is 14.0. The van der Waals surface area contributed by atoms with E-state index in [4.69, 9.17) is 0 Å². The summed E-state index contributed by atoms with van der Waals surface area (Å²) in [5, 5.41) is 8.75. The molecule has 1 aromatic heterocycles. The van der Waals surface area contributed by atoms with Gasteiger partial charge >= 0.3 is 5.97 Å². The maximum Gasteiger partial charge on any atom is 0.323 e. The molecule has 2 atom stereocenters. The Morgan fingerprint density at radius 2 is 1.75 bits per heavy atom. The highest BCUT2D eigenvalue weighted by atomic mass is 31.2. The Kier molecular flexibility index (Phi) is 4.08. The fourth-order valence-corrected chi connectivity index (χ4v) is 4.64. The van der Waals surface area contributed by atoms with Gasteiger partial charge in [-0.1, -0.05) is 48.5 Å². The predicted molar refractivity (Wildman–Crippen MR) is 93.3 cm³/mol. The smallest absolute Gasteiger partial charge is 0.323 e. The first-order chi connectivity index (χ1) is 11.3. The van der Waals surface area contributed by atoms with Gasteiger partial charge in [0.25, 0.3) is 0 Å². The number of aromatic nitrogens is 1. The van der Waals surface area contributed by atoms with Crippen molar-refractivity contribution in [3.05, 3.63) is 71.9 Å². The standard InChI is InChI=1S/C18H18NO4P/c1-18(17(20)21,14-8-3-2-4-9-14)24(22,23)12-15-11-13-7-5-6-10-16(13)19-15/h2-11,19H,12H2,1H3,(H,20,21)(H,22,23). The lowest BCUT2D eigenvalue weighted by Crippen LogP contribution is -2.33. The molecule has 6 heteroatoms. The molecular formula is C18H18NO4P. The van der Waals surface area contributed by atoms with Gasteiger partial charge in [0.15, 0.2) is 5.16 Å². The van der Waals surface area contributed by atoms with Gasteiger partial charge < -0.3 is 15.0 Å². The number of nitrogens with one attached hydrogen (secondary N) is 1. The lowest BCUT2D eigenvalue weighted by molar-refractivity contribution is -0.140. The Bertz CT molecular complexity index is 901. The van der Waals surface area contributed by atoms with E-state index in [2.05, 4.69) is 4.98 Å². The summed E-state index contributed by atoms with van der Waals surface area (Å²) in [6.45, 7) is 1.31. The van der Waals surface area contributed by atoms with Gasteiger partial charge in [-0.2, -0.15) is 0 Å². The van der Waals surface area contributed by atoms with Crippen LogP contribution in [-0.2, 0) is 20.7 Å². The Hall–Kier alpha value is -2.36. The Morgan fingerprint density at radius 1 is 1.12 bits per heavy atom. The van der Waals surface area contributed by atoms with Crippen LogP contribution < -0.4 is 0 Å². The molecule has 0 saturated heterocycles. The van der Waals surface area contributed by atoms with Gasteiger partial charge in [-0.15, -0.1) is 0 Å². The summed E-state index contributed by atoms with van der Waals surface area (Å²) in [4.78, 5) is 25.7. The van der Waals surface area contributed by atoms with Gasteiger partial charge in [-0.05, 0) is 30.0 Å². The molecule has 3 aromatic rings. The topological polar surface area (TPSA) is 90.4 Å². The van der Waals surface area contributed by atoms with Gasteiger partial charge in [-0.25, -0.2) is 0 Å². The molecule has 5 nitrogen and oxygen atoms in total. The number of fused-ring (bicyclic) bond motifs is 1. The summed E-state index contributed by atoms with van der Waals surface area (Å²) in [6, 6.07) is 17.5. The number of carboxylic acids is 1. The van der Waals surface area contributed by atoms with Crippen LogP contribution in [0.3, 0.4) is 0 Å². The summed E-state index contributed by atoms with van der Waals surface area (Å²) >= 11 is 0. The molecule has 0 aliphatic heterocycles. The second-order valence-corrected chi connectivity index (χ2v) is 8.60. The SMILES string of the molecule is CC(C(=O)O)(c1ccccc1)P(=O)(O)Cc1cc2ccccc2[nH]1.